The summed E-state index contributed by atoms with van der Waals surface area (Å²) in [7, 11) is 0. The Bertz CT molecular complexity index is 854. The number of benzene rings is 2. The third-order valence-electron chi connectivity index (χ3n) is 3.49. The quantitative estimate of drug-likeness (QED) is 0.412. The van der Waals surface area contributed by atoms with Gasteiger partial charge in [-0.15, -0.1) is 0 Å². The van der Waals surface area contributed by atoms with E-state index >= 15 is 0 Å². The molecule has 1 fully saturated rings. The number of rotatable bonds is 7. The van der Waals surface area contributed by atoms with Crippen LogP contribution in [-0.2, 0) is 4.79 Å². The van der Waals surface area contributed by atoms with E-state index in [1.54, 1.807) is 12.1 Å². The van der Waals surface area contributed by atoms with E-state index in [4.69, 9.17) is 33.3 Å². The standard InChI is InChI=1S/C19H16ClNO3S2/c20-14-7-2-4-9-16(14)24-11-5-10-23-15-8-3-1-6-13(15)12-17-18(22)21-19(25)26-17/h1-4,6-9,12H,5,10-11H2,(H,21,22,25). The van der Waals surface area contributed by atoms with Crippen molar-refractivity contribution in [2.75, 3.05) is 13.2 Å². The molecule has 1 heterocycles. The number of halogens is 1. The van der Waals surface area contributed by atoms with Crippen LogP contribution in [0.4, 0.5) is 0 Å². The van der Waals surface area contributed by atoms with Crippen molar-refractivity contribution in [1.29, 1.82) is 0 Å². The molecule has 1 saturated heterocycles. The molecule has 26 heavy (non-hydrogen) atoms. The molecule has 1 aliphatic heterocycles. The number of amides is 1. The zero-order valence-corrected chi connectivity index (χ0v) is 16.1. The molecule has 1 amide bonds. The first kappa shape index (κ1) is 18.8. The monoisotopic (exact) mass is 405 g/mol. The van der Waals surface area contributed by atoms with Crippen LogP contribution in [0.25, 0.3) is 6.08 Å². The zero-order valence-electron chi connectivity index (χ0n) is 13.7. The molecular formula is C19H16ClNO3S2. The van der Waals surface area contributed by atoms with Crippen LogP contribution in [0, 0.1) is 0 Å². The maximum absolute atomic E-state index is 11.8. The second-order valence-corrected chi connectivity index (χ2v) is 7.50. The lowest BCUT2D eigenvalue weighted by Crippen LogP contribution is -2.17. The first-order valence-electron chi connectivity index (χ1n) is 7.97. The molecule has 2 aromatic carbocycles. The van der Waals surface area contributed by atoms with Gasteiger partial charge in [0.25, 0.3) is 5.91 Å². The zero-order chi connectivity index (χ0) is 18.4. The first-order valence-corrected chi connectivity index (χ1v) is 9.58. The van der Waals surface area contributed by atoms with Crippen molar-refractivity contribution < 1.29 is 14.3 Å². The molecule has 4 nitrogen and oxygen atoms in total. The summed E-state index contributed by atoms with van der Waals surface area (Å²) >= 11 is 12.3. The number of carbonyl (C=O) groups is 1. The van der Waals surface area contributed by atoms with Gasteiger partial charge >= 0.3 is 0 Å². The Morgan fingerprint density at radius 2 is 1.69 bits per heavy atom. The van der Waals surface area contributed by atoms with Crippen molar-refractivity contribution in [2.45, 2.75) is 6.42 Å². The highest BCUT2D eigenvalue weighted by Gasteiger charge is 2.22. The van der Waals surface area contributed by atoms with E-state index in [0.717, 1.165) is 5.56 Å². The number of thioether (sulfide) groups is 1. The summed E-state index contributed by atoms with van der Waals surface area (Å²) in [4.78, 5) is 12.4. The van der Waals surface area contributed by atoms with E-state index in [1.807, 2.05) is 42.5 Å². The molecule has 0 bridgehead atoms. The second kappa shape index (κ2) is 9.07. The highest BCUT2D eigenvalue weighted by molar-refractivity contribution is 8.26. The van der Waals surface area contributed by atoms with Gasteiger partial charge < -0.3 is 14.8 Å². The Kier molecular flexibility index (Phi) is 6.55. The minimum atomic E-state index is -0.178. The van der Waals surface area contributed by atoms with Gasteiger partial charge in [-0.05, 0) is 24.3 Å². The van der Waals surface area contributed by atoms with Crippen molar-refractivity contribution in [3.05, 3.63) is 64.0 Å². The number of hydrogen-bond donors (Lipinski definition) is 1. The summed E-state index contributed by atoms with van der Waals surface area (Å²) in [5, 5.41) is 3.20. The molecule has 0 unspecified atom stereocenters. The topological polar surface area (TPSA) is 47.6 Å². The maximum Gasteiger partial charge on any atom is 0.263 e. The smallest absolute Gasteiger partial charge is 0.263 e. The third-order valence-corrected chi connectivity index (χ3v) is 4.96. The van der Waals surface area contributed by atoms with Crippen LogP contribution in [0.1, 0.15) is 12.0 Å². The average Bonchev–Trinajstić information content (AvgIpc) is 2.94. The highest BCUT2D eigenvalue weighted by atomic mass is 35.5. The molecule has 3 rings (SSSR count). The van der Waals surface area contributed by atoms with E-state index in [9.17, 15) is 4.79 Å². The average molecular weight is 406 g/mol. The minimum absolute atomic E-state index is 0.178. The van der Waals surface area contributed by atoms with Gasteiger partial charge in [0.2, 0.25) is 0 Å². The highest BCUT2D eigenvalue weighted by Crippen LogP contribution is 2.29. The number of thiocarbonyl (C=S) groups is 1. The van der Waals surface area contributed by atoms with Crippen LogP contribution < -0.4 is 14.8 Å². The maximum atomic E-state index is 11.8. The number of ether oxygens (including phenoxy) is 2. The van der Waals surface area contributed by atoms with Crippen LogP contribution >= 0.6 is 35.6 Å². The molecule has 0 saturated carbocycles. The van der Waals surface area contributed by atoms with Crippen LogP contribution in [0.3, 0.4) is 0 Å². The van der Waals surface area contributed by atoms with Gasteiger partial charge in [0.1, 0.15) is 15.8 Å². The lowest BCUT2D eigenvalue weighted by atomic mass is 10.2. The minimum Gasteiger partial charge on any atom is -0.493 e. The van der Waals surface area contributed by atoms with Crippen molar-refractivity contribution in [3.63, 3.8) is 0 Å². The summed E-state index contributed by atoms with van der Waals surface area (Å²) in [5.41, 5.74) is 0.835. The number of carbonyl (C=O) groups excluding carboxylic acids is 1. The summed E-state index contributed by atoms with van der Waals surface area (Å²) in [6.45, 7) is 0.988. The van der Waals surface area contributed by atoms with Crippen molar-refractivity contribution in [3.8, 4) is 11.5 Å². The Labute approximate surface area is 166 Å². The van der Waals surface area contributed by atoms with E-state index in [-0.39, 0.29) is 5.91 Å². The molecule has 134 valence electrons. The molecule has 1 aliphatic rings. The Morgan fingerprint density at radius 3 is 2.38 bits per heavy atom. The normalized spacial score (nSPS) is 15.2. The number of nitrogens with one attached hydrogen (secondary N) is 1. The van der Waals surface area contributed by atoms with Crippen molar-refractivity contribution >= 4 is 51.9 Å². The summed E-state index contributed by atoms with van der Waals surface area (Å²) < 4.78 is 12.0. The second-order valence-electron chi connectivity index (χ2n) is 5.37. The summed E-state index contributed by atoms with van der Waals surface area (Å²) in [6, 6.07) is 14.9. The largest absolute Gasteiger partial charge is 0.493 e. The Hall–Kier alpha value is -2.02. The van der Waals surface area contributed by atoms with E-state index < -0.39 is 0 Å². The van der Waals surface area contributed by atoms with E-state index in [2.05, 4.69) is 5.32 Å². The molecule has 7 heteroatoms. The van der Waals surface area contributed by atoms with Gasteiger partial charge in [-0.2, -0.15) is 0 Å². The Morgan fingerprint density at radius 1 is 1.04 bits per heavy atom. The predicted molar refractivity (Wildman–Crippen MR) is 110 cm³/mol. The fourth-order valence-electron chi connectivity index (χ4n) is 2.28. The number of para-hydroxylation sites is 2. The van der Waals surface area contributed by atoms with Crippen LogP contribution in [0.15, 0.2) is 53.4 Å². The molecule has 0 spiro atoms. The van der Waals surface area contributed by atoms with E-state index in [0.29, 0.717) is 45.4 Å². The summed E-state index contributed by atoms with van der Waals surface area (Å²) in [6.07, 6.45) is 2.49. The van der Waals surface area contributed by atoms with Gasteiger partial charge in [0, 0.05) is 12.0 Å². The van der Waals surface area contributed by atoms with Crippen LogP contribution in [0.5, 0.6) is 11.5 Å². The van der Waals surface area contributed by atoms with Gasteiger partial charge in [-0.3, -0.25) is 4.79 Å². The lowest BCUT2D eigenvalue weighted by Gasteiger charge is -2.11. The van der Waals surface area contributed by atoms with Gasteiger partial charge in [-0.25, -0.2) is 0 Å². The van der Waals surface area contributed by atoms with Gasteiger partial charge in [-0.1, -0.05) is 65.9 Å². The van der Waals surface area contributed by atoms with E-state index in [1.165, 1.54) is 11.8 Å². The number of hydrogen-bond acceptors (Lipinski definition) is 5. The molecule has 1 N–H and O–H groups in total. The predicted octanol–water partition coefficient (Wildman–Crippen LogP) is 4.68. The molecular weight excluding hydrogens is 390 g/mol. The molecule has 0 radical (unpaired) electrons. The van der Waals surface area contributed by atoms with Gasteiger partial charge in [0.15, 0.2) is 0 Å². The first-order chi connectivity index (χ1) is 12.6. The van der Waals surface area contributed by atoms with Crippen LogP contribution in [0.2, 0.25) is 5.02 Å². The summed E-state index contributed by atoms with van der Waals surface area (Å²) in [5.74, 6) is 1.20. The molecule has 2 aromatic rings. The molecule has 0 aromatic heterocycles. The molecule has 0 atom stereocenters. The Balaban J connectivity index is 1.54. The van der Waals surface area contributed by atoms with Crippen molar-refractivity contribution in [2.24, 2.45) is 0 Å². The SMILES string of the molecule is O=C1NC(=S)SC1=Cc1ccccc1OCCCOc1ccccc1Cl. The van der Waals surface area contributed by atoms with Crippen molar-refractivity contribution in [1.82, 2.24) is 5.32 Å². The lowest BCUT2D eigenvalue weighted by molar-refractivity contribution is -0.115. The van der Waals surface area contributed by atoms with Crippen LogP contribution in [-0.4, -0.2) is 23.4 Å². The fourth-order valence-corrected chi connectivity index (χ4v) is 3.50. The third kappa shape index (κ3) is 5.00. The fraction of sp³-hybridized carbons (Fsp3) is 0.158. The molecule has 0 aliphatic carbocycles. The van der Waals surface area contributed by atoms with Gasteiger partial charge in [0.05, 0.1) is 23.1 Å².